The molecular formula is C14H15N3O2. The van der Waals surface area contributed by atoms with Crippen LogP contribution in [-0.4, -0.2) is 18.1 Å². The number of nitrogens with two attached hydrogens (primary N) is 1. The third-order valence-electron chi connectivity index (χ3n) is 2.73. The Morgan fingerprint density at radius 3 is 2.58 bits per heavy atom. The van der Waals surface area contributed by atoms with Crippen LogP contribution in [0.25, 0.3) is 0 Å². The lowest BCUT2D eigenvalue weighted by Gasteiger charge is -2.08. The van der Waals surface area contributed by atoms with Gasteiger partial charge in [0.2, 0.25) is 0 Å². The highest BCUT2D eigenvalue weighted by molar-refractivity contribution is 5.89. The van der Waals surface area contributed by atoms with Crippen molar-refractivity contribution in [3.05, 3.63) is 47.7 Å². The Balaban J connectivity index is 2.15. The summed E-state index contributed by atoms with van der Waals surface area (Å²) in [5.41, 5.74) is 8.68. The van der Waals surface area contributed by atoms with Gasteiger partial charge in [0.1, 0.15) is 5.82 Å². The fourth-order valence-electron chi connectivity index (χ4n) is 1.59. The molecule has 2 rings (SSSR count). The standard InChI is InChI=1S/C14H15N3O2/c1-9-7-13(16-8-12(9)15)17-11-5-3-10(4-6-11)14(18)19-2/h3-8H,15H2,1-2H3,(H,16,17). The molecule has 1 aromatic carbocycles. The highest BCUT2D eigenvalue weighted by Crippen LogP contribution is 2.18. The smallest absolute Gasteiger partial charge is 0.337 e. The van der Waals surface area contributed by atoms with Crippen LogP contribution in [0.4, 0.5) is 17.2 Å². The summed E-state index contributed by atoms with van der Waals surface area (Å²) in [7, 11) is 1.36. The number of hydrogen-bond acceptors (Lipinski definition) is 5. The van der Waals surface area contributed by atoms with Crippen LogP contribution >= 0.6 is 0 Å². The van der Waals surface area contributed by atoms with Gasteiger partial charge in [-0.15, -0.1) is 0 Å². The molecule has 98 valence electrons. The number of anilines is 3. The monoisotopic (exact) mass is 257 g/mol. The van der Waals surface area contributed by atoms with E-state index < -0.39 is 0 Å². The first-order valence-electron chi connectivity index (χ1n) is 5.77. The number of benzene rings is 1. The number of carbonyl (C=O) groups excluding carboxylic acids is 1. The number of nitrogen functional groups attached to an aromatic ring is 1. The minimum Gasteiger partial charge on any atom is -0.465 e. The van der Waals surface area contributed by atoms with Crippen molar-refractivity contribution in [3.8, 4) is 0 Å². The molecule has 1 heterocycles. The number of methoxy groups -OCH3 is 1. The van der Waals surface area contributed by atoms with E-state index in [4.69, 9.17) is 5.73 Å². The fourth-order valence-corrected chi connectivity index (χ4v) is 1.59. The van der Waals surface area contributed by atoms with Gasteiger partial charge in [-0.1, -0.05) is 0 Å². The zero-order valence-electron chi connectivity index (χ0n) is 10.8. The van der Waals surface area contributed by atoms with Crippen molar-refractivity contribution < 1.29 is 9.53 Å². The highest BCUT2D eigenvalue weighted by atomic mass is 16.5. The molecule has 5 nitrogen and oxygen atoms in total. The van der Waals surface area contributed by atoms with Crippen molar-refractivity contribution in [1.29, 1.82) is 0 Å². The lowest BCUT2D eigenvalue weighted by atomic mass is 10.2. The molecule has 0 atom stereocenters. The van der Waals surface area contributed by atoms with Gasteiger partial charge in [-0.3, -0.25) is 0 Å². The van der Waals surface area contributed by atoms with E-state index in [9.17, 15) is 4.79 Å². The molecule has 0 spiro atoms. The lowest BCUT2D eigenvalue weighted by Crippen LogP contribution is -2.01. The number of aryl methyl sites for hydroxylation is 1. The van der Waals surface area contributed by atoms with E-state index in [2.05, 4.69) is 15.0 Å². The summed E-state index contributed by atoms with van der Waals surface area (Å²) in [6, 6.07) is 8.83. The van der Waals surface area contributed by atoms with Crippen molar-refractivity contribution in [3.63, 3.8) is 0 Å². The quantitative estimate of drug-likeness (QED) is 0.826. The van der Waals surface area contributed by atoms with Gasteiger partial charge in [-0.25, -0.2) is 9.78 Å². The van der Waals surface area contributed by atoms with E-state index in [-0.39, 0.29) is 5.97 Å². The van der Waals surface area contributed by atoms with Crippen LogP contribution in [0.5, 0.6) is 0 Å². The predicted molar refractivity (Wildman–Crippen MR) is 74.5 cm³/mol. The van der Waals surface area contributed by atoms with Crippen molar-refractivity contribution in [2.24, 2.45) is 0 Å². The van der Waals surface area contributed by atoms with E-state index in [0.717, 1.165) is 11.3 Å². The molecule has 0 aliphatic carbocycles. The zero-order chi connectivity index (χ0) is 13.8. The van der Waals surface area contributed by atoms with Crippen LogP contribution in [0.3, 0.4) is 0 Å². The molecule has 0 radical (unpaired) electrons. The normalized spacial score (nSPS) is 10.0. The van der Waals surface area contributed by atoms with Crippen LogP contribution in [0.2, 0.25) is 0 Å². The molecule has 0 saturated heterocycles. The second kappa shape index (κ2) is 5.39. The fraction of sp³-hybridized carbons (Fsp3) is 0.143. The SMILES string of the molecule is COC(=O)c1ccc(Nc2cc(C)c(N)cn2)cc1. The van der Waals surface area contributed by atoms with Crippen LogP contribution in [0, 0.1) is 6.92 Å². The second-order valence-electron chi connectivity index (χ2n) is 4.12. The first-order chi connectivity index (χ1) is 9.10. The number of ether oxygens (including phenoxy) is 1. The van der Waals surface area contributed by atoms with E-state index in [1.54, 1.807) is 30.5 Å². The Morgan fingerprint density at radius 2 is 2.00 bits per heavy atom. The number of nitrogens with one attached hydrogen (secondary N) is 1. The van der Waals surface area contributed by atoms with Crippen LogP contribution in [-0.2, 0) is 4.74 Å². The molecule has 5 heteroatoms. The Morgan fingerprint density at radius 1 is 1.32 bits per heavy atom. The summed E-state index contributed by atoms with van der Waals surface area (Å²) in [6.45, 7) is 1.92. The number of rotatable bonds is 3. The molecule has 0 aliphatic rings. The number of carbonyl (C=O) groups is 1. The molecule has 0 unspecified atom stereocenters. The van der Waals surface area contributed by atoms with Crippen molar-refractivity contribution in [1.82, 2.24) is 4.98 Å². The largest absolute Gasteiger partial charge is 0.465 e. The summed E-state index contributed by atoms with van der Waals surface area (Å²) in [5.74, 6) is 0.352. The molecule has 1 aromatic heterocycles. The molecule has 0 bridgehead atoms. The summed E-state index contributed by atoms with van der Waals surface area (Å²) in [5, 5.41) is 3.14. The topological polar surface area (TPSA) is 77.2 Å². The van der Waals surface area contributed by atoms with E-state index in [1.807, 2.05) is 13.0 Å². The third-order valence-corrected chi connectivity index (χ3v) is 2.73. The van der Waals surface area contributed by atoms with Crippen molar-refractivity contribution in [2.45, 2.75) is 6.92 Å². The summed E-state index contributed by atoms with van der Waals surface area (Å²) < 4.78 is 4.64. The zero-order valence-corrected chi connectivity index (χ0v) is 10.8. The van der Waals surface area contributed by atoms with Crippen LogP contribution in [0.15, 0.2) is 36.5 Å². The number of aromatic nitrogens is 1. The number of pyridine rings is 1. The molecule has 0 aliphatic heterocycles. The Labute approximate surface area is 111 Å². The average Bonchev–Trinajstić information content (AvgIpc) is 2.43. The minimum absolute atomic E-state index is 0.354. The number of hydrogen-bond donors (Lipinski definition) is 2. The summed E-state index contributed by atoms with van der Waals surface area (Å²) >= 11 is 0. The first kappa shape index (κ1) is 12.9. The second-order valence-corrected chi connectivity index (χ2v) is 4.12. The van der Waals surface area contributed by atoms with Gasteiger partial charge in [0.15, 0.2) is 0 Å². The Kier molecular flexibility index (Phi) is 3.66. The van der Waals surface area contributed by atoms with Gasteiger partial charge in [0, 0.05) is 5.69 Å². The highest BCUT2D eigenvalue weighted by Gasteiger charge is 2.05. The maximum Gasteiger partial charge on any atom is 0.337 e. The lowest BCUT2D eigenvalue weighted by molar-refractivity contribution is 0.0601. The Bertz CT molecular complexity index is 594. The first-order valence-corrected chi connectivity index (χ1v) is 5.77. The Hall–Kier alpha value is -2.56. The molecule has 0 fully saturated rings. The molecule has 3 N–H and O–H groups in total. The number of esters is 1. The maximum atomic E-state index is 11.3. The minimum atomic E-state index is -0.354. The van der Waals surface area contributed by atoms with E-state index in [0.29, 0.717) is 17.1 Å². The molecule has 19 heavy (non-hydrogen) atoms. The third kappa shape index (κ3) is 3.01. The van der Waals surface area contributed by atoms with Gasteiger partial charge in [-0.05, 0) is 42.8 Å². The summed E-state index contributed by atoms with van der Waals surface area (Å²) in [4.78, 5) is 15.5. The van der Waals surface area contributed by atoms with E-state index in [1.165, 1.54) is 7.11 Å². The average molecular weight is 257 g/mol. The van der Waals surface area contributed by atoms with E-state index >= 15 is 0 Å². The molecular weight excluding hydrogens is 242 g/mol. The molecule has 0 amide bonds. The maximum absolute atomic E-state index is 11.3. The predicted octanol–water partition coefficient (Wildman–Crippen LogP) is 2.50. The molecule has 2 aromatic rings. The van der Waals surface area contributed by atoms with Gasteiger partial charge >= 0.3 is 5.97 Å². The number of nitrogens with zero attached hydrogens (tertiary/aromatic N) is 1. The summed E-state index contributed by atoms with van der Waals surface area (Å²) in [6.07, 6.45) is 1.61. The van der Waals surface area contributed by atoms with Crippen molar-refractivity contribution >= 4 is 23.2 Å². The van der Waals surface area contributed by atoms with Crippen molar-refractivity contribution in [2.75, 3.05) is 18.2 Å². The van der Waals surface area contributed by atoms with Gasteiger partial charge < -0.3 is 15.8 Å². The van der Waals surface area contributed by atoms with Gasteiger partial charge in [0.25, 0.3) is 0 Å². The van der Waals surface area contributed by atoms with Crippen LogP contribution in [0.1, 0.15) is 15.9 Å². The van der Waals surface area contributed by atoms with Crippen LogP contribution < -0.4 is 11.1 Å². The molecule has 0 saturated carbocycles. The van der Waals surface area contributed by atoms with Gasteiger partial charge in [-0.2, -0.15) is 0 Å². The van der Waals surface area contributed by atoms with Gasteiger partial charge in [0.05, 0.1) is 24.6 Å².